The van der Waals surface area contributed by atoms with Crippen molar-refractivity contribution in [2.45, 2.75) is 65.2 Å². The highest BCUT2D eigenvalue weighted by molar-refractivity contribution is 7.14. The van der Waals surface area contributed by atoms with Crippen molar-refractivity contribution in [1.82, 2.24) is 0 Å². The molecule has 0 amide bonds. The highest BCUT2D eigenvalue weighted by Gasteiger charge is 2.14. The molecule has 0 saturated carbocycles. The van der Waals surface area contributed by atoms with Gasteiger partial charge in [-0.3, -0.25) is 0 Å². The van der Waals surface area contributed by atoms with Crippen LogP contribution in [0.2, 0.25) is 0 Å². The third kappa shape index (κ3) is 4.81. The molecular weight excluding hydrogens is 244 g/mol. The number of carbonyl (C=O) groups is 1. The number of rotatable bonds is 9. The maximum Gasteiger partial charge on any atom is 0.346 e. The predicted molar refractivity (Wildman–Crippen MR) is 77.7 cm³/mol. The van der Waals surface area contributed by atoms with Crippen molar-refractivity contribution >= 4 is 17.3 Å². The molecule has 0 bridgehead atoms. The SMILES string of the molecule is CCCCCCc1cc(CCCC)sc1C(=O)O. The van der Waals surface area contributed by atoms with Crippen LogP contribution in [0.4, 0.5) is 0 Å². The van der Waals surface area contributed by atoms with Gasteiger partial charge in [-0.2, -0.15) is 0 Å². The number of aryl methyl sites for hydroxylation is 2. The van der Waals surface area contributed by atoms with E-state index >= 15 is 0 Å². The number of aromatic carboxylic acids is 1. The van der Waals surface area contributed by atoms with Crippen LogP contribution in [-0.4, -0.2) is 11.1 Å². The van der Waals surface area contributed by atoms with Gasteiger partial charge in [0.2, 0.25) is 0 Å². The van der Waals surface area contributed by atoms with Gasteiger partial charge in [-0.25, -0.2) is 4.79 Å². The quantitative estimate of drug-likeness (QED) is 0.646. The van der Waals surface area contributed by atoms with E-state index in [0.717, 1.165) is 37.7 Å². The maximum absolute atomic E-state index is 11.2. The largest absolute Gasteiger partial charge is 0.477 e. The number of carboxylic acids is 1. The molecule has 1 aromatic heterocycles. The molecule has 0 unspecified atom stereocenters. The first-order valence-corrected chi connectivity index (χ1v) is 7.85. The molecule has 1 heterocycles. The first-order valence-electron chi connectivity index (χ1n) is 7.03. The zero-order chi connectivity index (χ0) is 13.4. The van der Waals surface area contributed by atoms with Crippen molar-refractivity contribution in [1.29, 1.82) is 0 Å². The molecule has 0 aliphatic heterocycles. The molecule has 0 atom stereocenters. The van der Waals surface area contributed by atoms with Crippen LogP contribution in [-0.2, 0) is 12.8 Å². The molecule has 1 rings (SSSR count). The summed E-state index contributed by atoms with van der Waals surface area (Å²) in [4.78, 5) is 13.0. The Bertz CT molecular complexity index is 369. The van der Waals surface area contributed by atoms with Crippen LogP contribution in [0.1, 0.15) is 72.5 Å². The van der Waals surface area contributed by atoms with E-state index in [4.69, 9.17) is 0 Å². The van der Waals surface area contributed by atoms with Gasteiger partial charge in [0.1, 0.15) is 4.88 Å². The van der Waals surface area contributed by atoms with Gasteiger partial charge in [-0.15, -0.1) is 11.3 Å². The number of carboxylic acid groups (broad SMARTS) is 1. The standard InChI is InChI=1S/C15H24O2S/c1-3-5-7-8-9-12-11-13(10-6-4-2)18-14(12)15(16)17/h11H,3-10H2,1-2H3,(H,16,17). The van der Waals surface area contributed by atoms with Gasteiger partial charge < -0.3 is 5.11 Å². The van der Waals surface area contributed by atoms with Crippen LogP contribution in [0, 0.1) is 0 Å². The molecule has 0 aliphatic carbocycles. The van der Waals surface area contributed by atoms with E-state index in [1.165, 1.54) is 35.5 Å². The lowest BCUT2D eigenvalue weighted by Gasteiger charge is -1.99. The molecule has 102 valence electrons. The van der Waals surface area contributed by atoms with E-state index < -0.39 is 5.97 Å². The number of unbranched alkanes of at least 4 members (excludes halogenated alkanes) is 4. The van der Waals surface area contributed by atoms with Crippen LogP contribution < -0.4 is 0 Å². The van der Waals surface area contributed by atoms with E-state index in [9.17, 15) is 9.90 Å². The molecular formula is C15H24O2S. The lowest BCUT2D eigenvalue weighted by Crippen LogP contribution is -1.97. The molecule has 0 radical (unpaired) electrons. The summed E-state index contributed by atoms with van der Waals surface area (Å²) in [6, 6.07) is 2.12. The Labute approximate surface area is 114 Å². The van der Waals surface area contributed by atoms with Gasteiger partial charge in [0.25, 0.3) is 0 Å². The first-order chi connectivity index (χ1) is 8.69. The maximum atomic E-state index is 11.2. The van der Waals surface area contributed by atoms with E-state index in [2.05, 4.69) is 19.9 Å². The Morgan fingerprint density at radius 3 is 2.44 bits per heavy atom. The molecule has 0 saturated heterocycles. The van der Waals surface area contributed by atoms with Crippen LogP contribution in [0.3, 0.4) is 0 Å². The van der Waals surface area contributed by atoms with Crippen molar-refractivity contribution < 1.29 is 9.90 Å². The Kier molecular flexibility index (Phi) is 7.02. The summed E-state index contributed by atoms with van der Waals surface area (Å²) in [5, 5.41) is 9.22. The van der Waals surface area contributed by atoms with Gasteiger partial charge in [0.15, 0.2) is 0 Å². The summed E-state index contributed by atoms with van der Waals surface area (Å²) in [6.45, 7) is 4.35. The molecule has 0 aliphatic rings. The Hall–Kier alpha value is -0.830. The third-order valence-corrected chi connectivity index (χ3v) is 4.36. The van der Waals surface area contributed by atoms with E-state index in [-0.39, 0.29) is 0 Å². The smallest absolute Gasteiger partial charge is 0.346 e. The first kappa shape index (κ1) is 15.2. The van der Waals surface area contributed by atoms with Crippen LogP contribution >= 0.6 is 11.3 Å². The van der Waals surface area contributed by atoms with Crippen molar-refractivity contribution in [3.05, 3.63) is 21.4 Å². The lowest BCUT2D eigenvalue weighted by molar-refractivity contribution is 0.0701. The minimum Gasteiger partial charge on any atom is -0.477 e. The number of hydrogen-bond donors (Lipinski definition) is 1. The van der Waals surface area contributed by atoms with E-state index in [0.29, 0.717) is 4.88 Å². The number of hydrogen-bond acceptors (Lipinski definition) is 2. The van der Waals surface area contributed by atoms with Gasteiger partial charge >= 0.3 is 5.97 Å². The second-order valence-corrected chi connectivity index (χ2v) is 5.92. The minimum absolute atomic E-state index is 0.567. The van der Waals surface area contributed by atoms with Crippen molar-refractivity contribution in [3.8, 4) is 0 Å². The molecule has 0 fully saturated rings. The summed E-state index contributed by atoms with van der Waals surface area (Å²) in [5.74, 6) is -0.756. The fraction of sp³-hybridized carbons (Fsp3) is 0.667. The monoisotopic (exact) mass is 268 g/mol. The van der Waals surface area contributed by atoms with Crippen LogP contribution in [0.15, 0.2) is 6.07 Å². The Morgan fingerprint density at radius 1 is 1.11 bits per heavy atom. The highest BCUT2D eigenvalue weighted by Crippen LogP contribution is 2.26. The summed E-state index contributed by atoms with van der Waals surface area (Å²) >= 11 is 1.47. The molecule has 3 heteroatoms. The van der Waals surface area contributed by atoms with Gasteiger partial charge in [0, 0.05) is 4.88 Å². The van der Waals surface area contributed by atoms with E-state index in [1.54, 1.807) is 0 Å². The predicted octanol–water partition coefficient (Wildman–Crippen LogP) is 4.91. The van der Waals surface area contributed by atoms with Crippen LogP contribution in [0.5, 0.6) is 0 Å². The fourth-order valence-electron chi connectivity index (χ4n) is 2.07. The molecule has 2 nitrogen and oxygen atoms in total. The highest BCUT2D eigenvalue weighted by atomic mass is 32.1. The second kappa shape index (κ2) is 8.30. The fourth-order valence-corrected chi connectivity index (χ4v) is 3.16. The summed E-state index contributed by atoms with van der Waals surface area (Å²) in [6.07, 6.45) is 9.03. The van der Waals surface area contributed by atoms with E-state index in [1.807, 2.05) is 0 Å². The average molecular weight is 268 g/mol. The summed E-state index contributed by atoms with van der Waals surface area (Å²) in [5.41, 5.74) is 1.05. The third-order valence-electron chi connectivity index (χ3n) is 3.13. The zero-order valence-electron chi connectivity index (χ0n) is 11.5. The Morgan fingerprint density at radius 2 is 1.83 bits per heavy atom. The molecule has 0 spiro atoms. The summed E-state index contributed by atoms with van der Waals surface area (Å²) < 4.78 is 0. The molecule has 0 aromatic carbocycles. The van der Waals surface area contributed by atoms with Crippen molar-refractivity contribution in [3.63, 3.8) is 0 Å². The van der Waals surface area contributed by atoms with Gasteiger partial charge in [-0.05, 0) is 37.3 Å². The number of thiophene rings is 1. The summed E-state index contributed by atoms with van der Waals surface area (Å²) in [7, 11) is 0. The Balaban J connectivity index is 2.62. The molecule has 18 heavy (non-hydrogen) atoms. The van der Waals surface area contributed by atoms with Crippen molar-refractivity contribution in [2.75, 3.05) is 0 Å². The average Bonchev–Trinajstić information content (AvgIpc) is 2.75. The van der Waals surface area contributed by atoms with Gasteiger partial charge in [-0.1, -0.05) is 39.5 Å². The lowest BCUT2D eigenvalue weighted by atomic mass is 10.1. The minimum atomic E-state index is -0.756. The molecule has 1 N–H and O–H groups in total. The molecule has 1 aromatic rings. The topological polar surface area (TPSA) is 37.3 Å². The van der Waals surface area contributed by atoms with Crippen molar-refractivity contribution in [2.24, 2.45) is 0 Å². The zero-order valence-corrected chi connectivity index (χ0v) is 12.3. The second-order valence-electron chi connectivity index (χ2n) is 4.79. The van der Waals surface area contributed by atoms with Gasteiger partial charge in [0.05, 0.1) is 0 Å². The normalized spacial score (nSPS) is 10.8. The van der Waals surface area contributed by atoms with Crippen LogP contribution in [0.25, 0.3) is 0 Å².